The lowest BCUT2D eigenvalue weighted by molar-refractivity contribution is 0.350. The summed E-state index contributed by atoms with van der Waals surface area (Å²) in [5, 5.41) is 7.54. The van der Waals surface area contributed by atoms with Crippen molar-refractivity contribution in [3.05, 3.63) is 18.3 Å². The molecule has 2 aromatic heterocycles. The van der Waals surface area contributed by atoms with Crippen molar-refractivity contribution in [2.75, 3.05) is 6.54 Å². The zero-order valence-electron chi connectivity index (χ0n) is 12.5. The molecule has 0 amide bonds. The average Bonchev–Trinajstić information content (AvgIpc) is 3.05. The predicted molar refractivity (Wildman–Crippen MR) is 77.2 cm³/mol. The number of aromatic nitrogens is 4. The number of imidazole rings is 1. The molecule has 2 aromatic rings. The third-order valence-electron chi connectivity index (χ3n) is 3.23. The largest absolute Gasteiger partial charge is 0.339 e. The maximum atomic E-state index is 5.35. The standard InChI is InChI=1S/C14H23N5O/c1-4-6-11(15-7-5-2)10-12-17-13(18-20-12)14-16-8-9-19(14)3/h8-9,11,15H,4-7,10H2,1-3H3. The summed E-state index contributed by atoms with van der Waals surface area (Å²) in [6.45, 7) is 5.38. The van der Waals surface area contributed by atoms with E-state index < -0.39 is 0 Å². The third-order valence-corrected chi connectivity index (χ3v) is 3.23. The summed E-state index contributed by atoms with van der Waals surface area (Å²) in [4.78, 5) is 8.67. The lowest BCUT2D eigenvalue weighted by Gasteiger charge is -2.15. The van der Waals surface area contributed by atoms with Crippen LogP contribution in [0.4, 0.5) is 0 Å². The van der Waals surface area contributed by atoms with Gasteiger partial charge in [-0.2, -0.15) is 4.98 Å². The molecule has 0 aliphatic heterocycles. The highest BCUT2D eigenvalue weighted by atomic mass is 16.5. The van der Waals surface area contributed by atoms with Crippen LogP contribution in [0.3, 0.4) is 0 Å². The Morgan fingerprint density at radius 2 is 2.20 bits per heavy atom. The van der Waals surface area contributed by atoms with E-state index in [9.17, 15) is 0 Å². The zero-order chi connectivity index (χ0) is 14.4. The highest BCUT2D eigenvalue weighted by molar-refractivity contribution is 5.42. The topological polar surface area (TPSA) is 68.8 Å². The van der Waals surface area contributed by atoms with Crippen molar-refractivity contribution in [1.29, 1.82) is 0 Å². The van der Waals surface area contributed by atoms with Crippen LogP contribution in [0.25, 0.3) is 11.6 Å². The van der Waals surface area contributed by atoms with Gasteiger partial charge in [0.25, 0.3) is 0 Å². The van der Waals surface area contributed by atoms with Gasteiger partial charge in [0.1, 0.15) is 0 Å². The Bertz CT molecular complexity index is 519. The molecule has 0 bridgehead atoms. The van der Waals surface area contributed by atoms with E-state index in [-0.39, 0.29) is 0 Å². The first-order chi connectivity index (χ1) is 9.74. The molecule has 0 spiro atoms. The number of rotatable bonds is 8. The molecule has 0 aliphatic rings. The molecule has 1 unspecified atom stereocenters. The normalized spacial score (nSPS) is 12.8. The van der Waals surface area contributed by atoms with E-state index in [2.05, 4.69) is 34.3 Å². The van der Waals surface area contributed by atoms with Gasteiger partial charge in [0, 0.05) is 31.9 Å². The van der Waals surface area contributed by atoms with Crippen molar-refractivity contribution in [1.82, 2.24) is 25.0 Å². The Balaban J connectivity index is 2.02. The van der Waals surface area contributed by atoms with Crippen molar-refractivity contribution in [2.24, 2.45) is 7.05 Å². The highest BCUT2D eigenvalue weighted by Crippen LogP contribution is 2.14. The first-order valence-corrected chi connectivity index (χ1v) is 7.28. The molecule has 110 valence electrons. The summed E-state index contributed by atoms with van der Waals surface area (Å²) < 4.78 is 7.23. The van der Waals surface area contributed by atoms with Crippen molar-refractivity contribution in [2.45, 2.75) is 45.6 Å². The summed E-state index contributed by atoms with van der Waals surface area (Å²) in [5.74, 6) is 1.96. The van der Waals surface area contributed by atoms with Crippen molar-refractivity contribution in [3.8, 4) is 11.6 Å². The molecule has 6 heteroatoms. The van der Waals surface area contributed by atoms with Gasteiger partial charge in [-0.25, -0.2) is 4.98 Å². The van der Waals surface area contributed by atoms with E-state index >= 15 is 0 Å². The molecule has 1 atom stereocenters. The van der Waals surface area contributed by atoms with E-state index in [0.29, 0.717) is 17.8 Å². The molecular formula is C14H23N5O. The quantitative estimate of drug-likeness (QED) is 0.801. The molecule has 0 aliphatic carbocycles. The third kappa shape index (κ3) is 3.66. The van der Waals surface area contributed by atoms with E-state index in [0.717, 1.165) is 38.1 Å². The van der Waals surface area contributed by atoms with E-state index in [1.165, 1.54) is 0 Å². The van der Waals surface area contributed by atoms with Gasteiger partial charge in [0.05, 0.1) is 0 Å². The van der Waals surface area contributed by atoms with Gasteiger partial charge >= 0.3 is 0 Å². The molecule has 0 fully saturated rings. The summed E-state index contributed by atoms with van der Waals surface area (Å²) in [6, 6.07) is 0.398. The monoisotopic (exact) mass is 277 g/mol. The number of nitrogens with one attached hydrogen (secondary N) is 1. The highest BCUT2D eigenvalue weighted by Gasteiger charge is 2.16. The van der Waals surface area contributed by atoms with Crippen LogP contribution in [0, 0.1) is 0 Å². The van der Waals surface area contributed by atoms with Crippen LogP contribution in [0.15, 0.2) is 16.9 Å². The number of aryl methyl sites for hydroxylation is 1. The van der Waals surface area contributed by atoms with E-state index in [1.807, 2.05) is 17.8 Å². The minimum atomic E-state index is 0.398. The maximum absolute atomic E-state index is 5.35. The number of nitrogens with zero attached hydrogens (tertiary/aromatic N) is 4. The first-order valence-electron chi connectivity index (χ1n) is 7.28. The van der Waals surface area contributed by atoms with Gasteiger partial charge in [-0.1, -0.05) is 25.4 Å². The fourth-order valence-electron chi connectivity index (χ4n) is 2.19. The summed E-state index contributed by atoms with van der Waals surface area (Å²) in [6.07, 6.45) is 7.75. The second-order valence-electron chi connectivity index (χ2n) is 5.02. The van der Waals surface area contributed by atoms with E-state index in [1.54, 1.807) is 6.20 Å². The zero-order valence-corrected chi connectivity index (χ0v) is 12.5. The van der Waals surface area contributed by atoms with Crippen LogP contribution in [-0.4, -0.2) is 32.3 Å². The smallest absolute Gasteiger partial charge is 0.238 e. The minimum absolute atomic E-state index is 0.398. The van der Waals surface area contributed by atoms with Gasteiger partial charge in [-0.3, -0.25) is 0 Å². The van der Waals surface area contributed by atoms with Crippen LogP contribution in [0.1, 0.15) is 39.0 Å². The molecule has 2 heterocycles. The van der Waals surface area contributed by atoms with Gasteiger partial charge < -0.3 is 14.4 Å². The predicted octanol–water partition coefficient (Wildman–Crippen LogP) is 2.18. The van der Waals surface area contributed by atoms with Crippen LogP contribution in [0.5, 0.6) is 0 Å². The Morgan fingerprint density at radius 1 is 1.35 bits per heavy atom. The molecular weight excluding hydrogens is 254 g/mol. The second-order valence-corrected chi connectivity index (χ2v) is 5.02. The average molecular weight is 277 g/mol. The molecule has 0 aromatic carbocycles. The maximum Gasteiger partial charge on any atom is 0.238 e. The molecule has 20 heavy (non-hydrogen) atoms. The van der Waals surface area contributed by atoms with Crippen LogP contribution >= 0.6 is 0 Å². The van der Waals surface area contributed by atoms with Crippen molar-refractivity contribution >= 4 is 0 Å². The van der Waals surface area contributed by atoms with E-state index in [4.69, 9.17) is 4.52 Å². The molecule has 0 saturated carbocycles. The van der Waals surface area contributed by atoms with Crippen LogP contribution in [0.2, 0.25) is 0 Å². The van der Waals surface area contributed by atoms with Gasteiger partial charge in [-0.15, -0.1) is 0 Å². The molecule has 0 radical (unpaired) electrons. The van der Waals surface area contributed by atoms with Gasteiger partial charge in [-0.05, 0) is 19.4 Å². The fourth-order valence-corrected chi connectivity index (χ4v) is 2.19. The molecule has 1 N–H and O–H groups in total. The van der Waals surface area contributed by atoms with Crippen LogP contribution in [-0.2, 0) is 13.5 Å². The lowest BCUT2D eigenvalue weighted by Crippen LogP contribution is -2.31. The Hall–Kier alpha value is -1.69. The Labute approximate surface area is 119 Å². The molecule has 0 saturated heterocycles. The van der Waals surface area contributed by atoms with Crippen molar-refractivity contribution in [3.63, 3.8) is 0 Å². The molecule has 6 nitrogen and oxygen atoms in total. The van der Waals surface area contributed by atoms with Gasteiger partial charge in [0.15, 0.2) is 5.82 Å². The SMILES string of the molecule is CCCNC(CCC)Cc1nc(-c2nccn2C)no1. The minimum Gasteiger partial charge on any atom is -0.339 e. The first kappa shape index (κ1) is 14.7. The number of hydrogen-bond donors (Lipinski definition) is 1. The Kier molecular flexibility index (Phi) is 5.29. The fraction of sp³-hybridized carbons (Fsp3) is 0.643. The summed E-state index contributed by atoms with van der Waals surface area (Å²) in [7, 11) is 1.92. The summed E-state index contributed by atoms with van der Waals surface area (Å²) >= 11 is 0. The van der Waals surface area contributed by atoms with Gasteiger partial charge in [0.2, 0.25) is 11.7 Å². The number of hydrogen-bond acceptors (Lipinski definition) is 5. The molecule has 2 rings (SSSR count). The second kappa shape index (κ2) is 7.19. The van der Waals surface area contributed by atoms with Crippen LogP contribution < -0.4 is 5.32 Å². The lowest BCUT2D eigenvalue weighted by atomic mass is 10.1. The Morgan fingerprint density at radius 3 is 2.85 bits per heavy atom. The van der Waals surface area contributed by atoms with Crippen molar-refractivity contribution < 1.29 is 4.52 Å². The summed E-state index contributed by atoms with van der Waals surface area (Å²) in [5.41, 5.74) is 0.